The van der Waals surface area contributed by atoms with Gasteiger partial charge in [0.2, 0.25) is 5.91 Å². The molecule has 7 nitrogen and oxygen atoms in total. The van der Waals surface area contributed by atoms with Crippen LogP contribution >= 0.6 is 35.0 Å². The summed E-state index contributed by atoms with van der Waals surface area (Å²) in [6, 6.07) is 12.1. The second kappa shape index (κ2) is 9.27. The fraction of sp³-hybridized carbons (Fsp3) is 0.348. The number of likely N-dealkylation sites (tertiary alicyclic amines) is 1. The molecule has 5 rings (SSSR count). The summed E-state index contributed by atoms with van der Waals surface area (Å²) in [4.78, 5) is 32.8. The smallest absolute Gasteiger partial charge is 0.266 e. The lowest BCUT2D eigenvalue weighted by molar-refractivity contribution is -0.186. The van der Waals surface area contributed by atoms with E-state index in [1.165, 1.54) is 16.3 Å². The molecule has 2 fully saturated rings. The molecule has 172 valence electrons. The van der Waals surface area contributed by atoms with Crippen molar-refractivity contribution in [3.8, 4) is 5.69 Å². The molecule has 2 saturated heterocycles. The van der Waals surface area contributed by atoms with E-state index in [2.05, 4.69) is 4.98 Å². The molecule has 0 saturated carbocycles. The molecule has 1 spiro atoms. The summed E-state index contributed by atoms with van der Waals surface area (Å²) in [5, 5.41) is 1.63. The Morgan fingerprint density at radius 2 is 1.79 bits per heavy atom. The van der Waals surface area contributed by atoms with Crippen molar-refractivity contribution in [2.75, 3.05) is 32.1 Å². The quantitative estimate of drug-likeness (QED) is 0.391. The van der Waals surface area contributed by atoms with Gasteiger partial charge in [-0.1, -0.05) is 47.1 Å². The van der Waals surface area contributed by atoms with Crippen molar-refractivity contribution in [3.05, 3.63) is 62.9 Å². The average molecular weight is 506 g/mol. The number of hydrogen-bond donors (Lipinski definition) is 0. The van der Waals surface area contributed by atoms with Crippen molar-refractivity contribution in [2.45, 2.75) is 23.8 Å². The maximum Gasteiger partial charge on any atom is 0.266 e. The highest BCUT2D eigenvalue weighted by Crippen LogP contribution is 2.32. The first-order valence-corrected chi connectivity index (χ1v) is 12.4. The van der Waals surface area contributed by atoms with Gasteiger partial charge in [-0.05, 0) is 30.3 Å². The standard InChI is InChI=1S/C23H21Cl2N3O4S/c24-17-6-5-15(13-18(17)25)28-21(30)16-3-1-2-4-19(16)26-22(28)33-14-20(29)27-9-7-23(8-10-27)31-11-12-32-23/h1-6,13H,7-12,14H2. The van der Waals surface area contributed by atoms with Crippen molar-refractivity contribution in [1.29, 1.82) is 0 Å². The highest BCUT2D eigenvalue weighted by molar-refractivity contribution is 7.99. The van der Waals surface area contributed by atoms with Crippen LogP contribution in [0.1, 0.15) is 12.8 Å². The van der Waals surface area contributed by atoms with Gasteiger partial charge in [-0.2, -0.15) is 0 Å². The van der Waals surface area contributed by atoms with Gasteiger partial charge in [-0.15, -0.1) is 0 Å². The van der Waals surface area contributed by atoms with Crippen LogP contribution in [0.2, 0.25) is 10.0 Å². The Kier molecular flexibility index (Phi) is 6.37. The molecule has 0 N–H and O–H groups in total. The van der Waals surface area contributed by atoms with E-state index < -0.39 is 5.79 Å². The van der Waals surface area contributed by atoms with Crippen molar-refractivity contribution in [3.63, 3.8) is 0 Å². The predicted octanol–water partition coefficient (Wildman–Crippen LogP) is 4.15. The van der Waals surface area contributed by atoms with E-state index in [9.17, 15) is 9.59 Å². The van der Waals surface area contributed by atoms with Gasteiger partial charge in [-0.25, -0.2) is 4.98 Å². The van der Waals surface area contributed by atoms with Gasteiger partial charge in [0.1, 0.15) is 0 Å². The first-order chi connectivity index (χ1) is 16.0. The molecule has 0 radical (unpaired) electrons. The van der Waals surface area contributed by atoms with Gasteiger partial charge in [-0.3, -0.25) is 14.2 Å². The zero-order valence-corrected chi connectivity index (χ0v) is 20.0. The Balaban J connectivity index is 1.41. The minimum Gasteiger partial charge on any atom is -0.347 e. The van der Waals surface area contributed by atoms with Crippen molar-refractivity contribution in [2.24, 2.45) is 0 Å². The van der Waals surface area contributed by atoms with Gasteiger partial charge in [0.05, 0.1) is 45.6 Å². The fourth-order valence-electron chi connectivity index (χ4n) is 4.16. The molecule has 2 aliphatic heterocycles. The minimum atomic E-state index is -0.530. The summed E-state index contributed by atoms with van der Waals surface area (Å²) >= 11 is 13.5. The van der Waals surface area contributed by atoms with E-state index in [0.29, 0.717) is 70.9 Å². The Morgan fingerprint density at radius 3 is 2.52 bits per heavy atom. The zero-order valence-electron chi connectivity index (χ0n) is 17.6. The van der Waals surface area contributed by atoms with Crippen LogP contribution in [0.15, 0.2) is 52.4 Å². The van der Waals surface area contributed by atoms with Crippen molar-refractivity contribution >= 4 is 51.8 Å². The van der Waals surface area contributed by atoms with Crippen LogP contribution < -0.4 is 5.56 Å². The van der Waals surface area contributed by atoms with E-state index in [-0.39, 0.29) is 17.2 Å². The molecule has 1 aromatic heterocycles. The number of para-hydroxylation sites is 1. The molecular formula is C23H21Cl2N3O4S. The van der Waals surface area contributed by atoms with Crippen LogP contribution in [0.5, 0.6) is 0 Å². The van der Waals surface area contributed by atoms with Crippen LogP contribution in [-0.4, -0.2) is 58.2 Å². The van der Waals surface area contributed by atoms with Gasteiger partial charge >= 0.3 is 0 Å². The number of amides is 1. The predicted molar refractivity (Wildman–Crippen MR) is 129 cm³/mol. The zero-order chi connectivity index (χ0) is 23.0. The second-order valence-electron chi connectivity index (χ2n) is 7.93. The van der Waals surface area contributed by atoms with Crippen LogP contribution in [0, 0.1) is 0 Å². The third-order valence-corrected chi connectivity index (χ3v) is 7.58. The summed E-state index contributed by atoms with van der Waals surface area (Å²) in [6.45, 7) is 2.35. The average Bonchev–Trinajstić information content (AvgIpc) is 3.28. The molecule has 0 aliphatic carbocycles. The lowest BCUT2D eigenvalue weighted by Gasteiger charge is -2.37. The van der Waals surface area contributed by atoms with Crippen molar-refractivity contribution < 1.29 is 14.3 Å². The monoisotopic (exact) mass is 505 g/mol. The number of benzene rings is 2. The highest BCUT2D eigenvalue weighted by Gasteiger charge is 2.40. The number of fused-ring (bicyclic) bond motifs is 1. The normalized spacial score (nSPS) is 17.7. The molecular weight excluding hydrogens is 485 g/mol. The highest BCUT2D eigenvalue weighted by atomic mass is 35.5. The number of carbonyl (C=O) groups is 1. The molecule has 3 aromatic rings. The molecule has 1 amide bonds. The Hall–Kier alpha value is -2.10. The van der Waals surface area contributed by atoms with Gasteiger partial charge in [0.15, 0.2) is 10.9 Å². The van der Waals surface area contributed by atoms with Gasteiger partial charge in [0.25, 0.3) is 5.56 Å². The van der Waals surface area contributed by atoms with E-state index >= 15 is 0 Å². The van der Waals surface area contributed by atoms with Crippen LogP contribution in [0.3, 0.4) is 0 Å². The summed E-state index contributed by atoms with van der Waals surface area (Å²) in [6.07, 6.45) is 1.32. The Bertz CT molecular complexity index is 1270. The molecule has 2 aromatic carbocycles. The molecule has 10 heteroatoms. The minimum absolute atomic E-state index is 0.0176. The number of thioether (sulfide) groups is 1. The first kappa shape index (κ1) is 22.7. The first-order valence-electron chi connectivity index (χ1n) is 10.6. The molecule has 0 unspecified atom stereocenters. The van der Waals surface area contributed by atoms with Crippen LogP contribution in [0.25, 0.3) is 16.6 Å². The summed E-state index contributed by atoms with van der Waals surface area (Å²) in [7, 11) is 0. The summed E-state index contributed by atoms with van der Waals surface area (Å²) in [5.41, 5.74) is 0.881. The number of hydrogen-bond acceptors (Lipinski definition) is 6. The number of aromatic nitrogens is 2. The van der Waals surface area contributed by atoms with E-state index in [4.69, 9.17) is 32.7 Å². The van der Waals surface area contributed by atoms with E-state index in [1.807, 2.05) is 11.0 Å². The van der Waals surface area contributed by atoms with Gasteiger partial charge < -0.3 is 14.4 Å². The van der Waals surface area contributed by atoms with Crippen LogP contribution in [-0.2, 0) is 14.3 Å². The molecule has 33 heavy (non-hydrogen) atoms. The third kappa shape index (κ3) is 4.50. The maximum atomic E-state index is 13.3. The second-order valence-corrected chi connectivity index (χ2v) is 9.68. The van der Waals surface area contributed by atoms with Crippen molar-refractivity contribution in [1.82, 2.24) is 14.5 Å². The summed E-state index contributed by atoms with van der Waals surface area (Å²) < 4.78 is 13.0. The number of nitrogens with zero attached hydrogens (tertiary/aromatic N) is 3. The number of ether oxygens (including phenoxy) is 2. The van der Waals surface area contributed by atoms with E-state index in [0.717, 1.165) is 0 Å². The van der Waals surface area contributed by atoms with Gasteiger partial charge in [0, 0.05) is 25.9 Å². The summed E-state index contributed by atoms with van der Waals surface area (Å²) in [5.74, 6) is -0.394. The lowest BCUT2D eigenvalue weighted by atomic mass is 10.0. The molecule has 0 atom stereocenters. The molecule has 2 aliphatic rings. The number of carbonyl (C=O) groups excluding carboxylic acids is 1. The van der Waals surface area contributed by atoms with Crippen LogP contribution in [0.4, 0.5) is 0 Å². The lowest BCUT2D eigenvalue weighted by Crippen LogP contribution is -2.47. The Labute approximate surface area is 204 Å². The van der Waals surface area contributed by atoms with E-state index in [1.54, 1.807) is 36.4 Å². The number of halogens is 2. The maximum absolute atomic E-state index is 13.3. The molecule has 0 bridgehead atoms. The Morgan fingerprint density at radius 1 is 1.06 bits per heavy atom. The largest absolute Gasteiger partial charge is 0.347 e. The fourth-order valence-corrected chi connectivity index (χ4v) is 5.37. The molecule has 3 heterocycles. The number of piperidine rings is 1. The number of rotatable bonds is 4. The topological polar surface area (TPSA) is 73.7 Å². The third-order valence-electron chi connectivity index (χ3n) is 5.92. The SMILES string of the molecule is O=C(CSc1nc2ccccc2c(=O)n1-c1ccc(Cl)c(Cl)c1)N1CCC2(CC1)OCCO2.